The lowest BCUT2D eigenvalue weighted by Gasteiger charge is -2.29. The molecule has 16 heavy (non-hydrogen) atoms. The van der Waals surface area contributed by atoms with Crippen LogP contribution in [0.3, 0.4) is 0 Å². The van der Waals surface area contributed by atoms with Crippen LogP contribution in [-0.2, 0) is 4.79 Å². The van der Waals surface area contributed by atoms with E-state index in [4.69, 9.17) is 5.73 Å². The van der Waals surface area contributed by atoms with Crippen molar-refractivity contribution in [2.24, 2.45) is 5.73 Å². The molecule has 1 aliphatic heterocycles. The lowest BCUT2D eigenvalue weighted by Crippen LogP contribution is -2.44. The largest absolute Gasteiger partial charge is 0.338 e. The zero-order chi connectivity index (χ0) is 11.8. The molecule has 0 aromatic carbocycles. The van der Waals surface area contributed by atoms with Crippen molar-refractivity contribution in [1.82, 2.24) is 4.90 Å². The van der Waals surface area contributed by atoms with Gasteiger partial charge in [0.1, 0.15) is 0 Å². The zero-order valence-electron chi connectivity index (χ0n) is 10.6. The Labute approximate surface area is 99.4 Å². The fourth-order valence-electron chi connectivity index (χ4n) is 2.42. The lowest BCUT2D eigenvalue weighted by atomic mass is 10.1. The second kappa shape index (κ2) is 7.66. The van der Waals surface area contributed by atoms with Crippen molar-refractivity contribution in [2.45, 2.75) is 64.3 Å². The SMILES string of the molecule is CCCCCC(=O)N1CCCCCC1CN. The van der Waals surface area contributed by atoms with Crippen LogP contribution in [0.15, 0.2) is 0 Å². The number of rotatable bonds is 5. The van der Waals surface area contributed by atoms with Gasteiger partial charge in [-0.3, -0.25) is 4.79 Å². The monoisotopic (exact) mass is 226 g/mol. The molecule has 0 radical (unpaired) electrons. The molecule has 2 N–H and O–H groups in total. The van der Waals surface area contributed by atoms with Gasteiger partial charge < -0.3 is 10.6 Å². The second-order valence-electron chi connectivity index (χ2n) is 4.78. The van der Waals surface area contributed by atoms with Crippen LogP contribution in [0.2, 0.25) is 0 Å². The minimum atomic E-state index is 0.302. The Morgan fingerprint density at radius 3 is 2.81 bits per heavy atom. The third-order valence-corrected chi connectivity index (χ3v) is 3.46. The van der Waals surface area contributed by atoms with Crippen molar-refractivity contribution in [3.05, 3.63) is 0 Å². The normalized spacial score (nSPS) is 21.9. The molecule has 3 nitrogen and oxygen atoms in total. The van der Waals surface area contributed by atoms with Gasteiger partial charge in [-0.1, -0.05) is 32.6 Å². The molecule has 0 aromatic rings. The number of likely N-dealkylation sites (tertiary alicyclic amines) is 1. The van der Waals surface area contributed by atoms with Gasteiger partial charge in [-0.2, -0.15) is 0 Å². The topological polar surface area (TPSA) is 46.3 Å². The first kappa shape index (κ1) is 13.5. The molecule has 1 atom stereocenters. The van der Waals surface area contributed by atoms with Crippen LogP contribution in [0.25, 0.3) is 0 Å². The Kier molecular flexibility index (Phi) is 6.46. The van der Waals surface area contributed by atoms with Crippen LogP contribution in [-0.4, -0.2) is 29.9 Å². The standard InChI is InChI=1S/C13H26N2O/c1-2-3-5-9-13(16)15-10-7-4-6-8-12(15)11-14/h12H,2-11,14H2,1H3. The first-order valence-electron chi connectivity index (χ1n) is 6.79. The third kappa shape index (κ3) is 4.12. The van der Waals surface area contributed by atoms with Gasteiger partial charge >= 0.3 is 0 Å². The molecule has 94 valence electrons. The predicted octanol–water partition coefficient (Wildman–Crippen LogP) is 2.30. The number of hydrogen-bond acceptors (Lipinski definition) is 2. The van der Waals surface area contributed by atoms with Crippen molar-refractivity contribution in [3.63, 3.8) is 0 Å². The van der Waals surface area contributed by atoms with E-state index in [-0.39, 0.29) is 0 Å². The van der Waals surface area contributed by atoms with Gasteiger partial charge in [0.15, 0.2) is 0 Å². The molecule has 1 heterocycles. The summed E-state index contributed by atoms with van der Waals surface area (Å²) >= 11 is 0. The van der Waals surface area contributed by atoms with Crippen molar-refractivity contribution >= 4 is 5.91 Å². The highest BCUT2D eigenvalue weighted by Crippen LogP contribution is 2.17. The quantitative estimate of drug-likeness (QED) is 0.731. The van der Waals surface area contributed by atoms with E-state index in [0.717, 1.165) is 32.2 Å². The molecule has 0 bridgehead atoms. The molecule has 0 aliphatic carbocycles. The number of unbranched alkanes of at least 4 members (excludes halogenated alkanes) is 2. The van der Waals surface area contributed by atoms with E-state index >= 15 is 0 Å². The number of hydrogen-bond donors (Lipinski definition) is 1. The van der Waals surface area contributed by atoms with E-state index in [0.29, 0.717) is 24.9 Å². The van der Waals surface area contributed by atoms with Crippen LogP contribution in [0.1, 0.15) is 58.3 Å². The van der Waals surface area contributed by atoms with Gasteiger partial charge in [0.05, 0.1) is 0 Å². The van der Waals surface area contributed by atoms with E-state index in [1.807, 2.05) is 4.90 Å². The van der Waals surface area contributed by atoms with Crippen molar-refractivity contribution in [3.8, 4) is 0 Å². The maximum Gasteiger partial charge on any atom is 0.222 e. The summed E-state index contributed by atoms with van der Waals surface area (Å²) in [5.74, 6) is 0.325. The smallest absolute Gasteiger partial charge is 0.222 e. The Bertz CT molecular complexity index is 206. The lowest BCUT2D eigenvalue weighted by molar-refractivity contribution is -0.133. The Morgan fingerprint density at radius 1 is 1.31 bits per heavy atom. The molecule has 1 fully saturated rings. The average Bonchev–Trinajstić information content (AvgIpc) is 2.54. The van der Waals surface area contributed by atoms with Gasteiger partial charge in [-0.25, -0.2) is 0 Å². The average molecular weight is 226 g/mol. The summed E-state index contributed by atoms with van der Waals surface area (Å²) in [5, 5.41) is 0. The molecule has 1 saturated heterocycles. The van der Waals surface area contributed by atoms with Crippen LogP contribution < -0.4 is 5.73 Å². The van der Waals surface area contributed by atoms with E-state index in [9.17, 15) is 4.79 Å². The van der Waals surface area contributed by atoms with Crippen LogP contribution in [0.4, 0.5) is 0 Å². The molecule has 1 amide bonds. The second-order valence-corrected chi connectivity index (χ2v) is 4.78. The summed E-state index contributed by atoms with van der Waals surface area (Å²) < 4.78 is 0. The van der Waals surface area contributed by atoms with Gasteiger partial charge in [0, 0.05) is 25.6 Å². The van der Waals surface area contributed by atoms with E-state index < -0.39 is 0 Å². The minimum Gasteiger partial charge on any atom is -0.338 e. The number of amides is 1. The summed E-state index contributed by atoms with van der Waals surface area (Å²) in [6.07, 6.45) is 8.79. The van der Waals surface area contributed by atoms with Crippen LogP contribution in [0, 0.1) is 0 Å². The third-order valence-electron chi connectivity index (χ3n) is 3.46. The van der Waals surface area contributed by atoms with Gasteiger partial charge in [0.25, 0.3) is 0 Å². The maximum atomic E-state index is 12.1. The van der Waals surface area contributed by atoms with Crippen molar-refractivity contribution in [1.29, 1.82) is 0 Å². The van der Waals surface area contributed by atoms with E-state index in [1.165, 1.54) is 19.3 Å². The predicted molar refractivity (Wildman–Crippen MR) is 67.2 cm³/mol. The Balaban J connectivity index is 2.42. The van der Waals surface area contributed by atoms with Crippen molar-refractivity contribution in [2.75, 3.05) is 13.1 Å². The fraction of sp³-hybridized carbons (Fsp3) is 0.923. The molecule has 3 heteroatoms. The summed E-state index contributed by atoms with van der Waals surface area (Å²) in [5.41, 5.74) is 5.76. The number of carbonyl (C=O) groups excluding carboxylic acids is 1. The Hall–Kier alpha value is -0.570. The molecular formula is C13H26N2O. The highest BCUT2D eigenvalue weighted by atomic mass is 16.2. The van der Waals surface area contributed by atoms with Gasteiger partial charge in [-0.05, 0) is 19.3 Å². The highest BCUT2D eigenvalue weighted by Gasteiger charge is 2.23. The van der Waals surface area contributed by atoms with Crippen LogP contribution >= 0.6 is 0 Å². The van der Waals surface area contributed by atoms with Gasteiger partial charge in [0.2, 0.25) is 5.91 Å². The number of carbonyl (C=O) groups is 1. The number of nitrogens with zero attached hydrogens (tertiary/aromatic N) is 1. The summed E-state index contributed by atoms with van der Waals surface area (Å²) in [4.78, 5) is 14.1. The first-order valence-corrected chi connectivity index (χ1v) is 6.79. The molecular weight excluding hydrogens is 200 g/mol. The summed E-state index contributed by atoms with van der Waals surface area (Å²) in [6, 6.07) is 0.302. The van der Waals surface area contributed by atoms with E-state index in [2.05, 4.69) is 6.92 Å². The molecule has 1 unspecified atom stereocenters. The molecule has 1 aliphatic rings. The van der Waals surface area contributed by atoms with Gasteiger partial charge in [-0.15, -0.1) is 0 Å². The fourth-order valence-corrected chi connectivity index (χ4v) is 2.42. The molecule has 0 aromatic heterocycles. The molecule has 1 rings (SSSR count). The minimum absolute atomic E-state index is 0.302. The Morgan fingerprint density at radius 2 is 2.12 bits per heavy atom. The maximum absolute atomic E-state index is 12.1. The highest BCUT2D eigenvalue weighted by molar-refractivity contribution is 5.76. The summed E-state index contributed by atoms with van der Waals surface area (Å²) in [6.45, 7) is 3.71. The summed E-state index contributed by atoms with van der Waals surface area (Å²) in [7, 11) is 0. The van der Waals surface area contributed by atoms with Crippen LogP contribution in [0.5, 0.6) is 0 Å². The van der Waals surface area contributed by atoms with Crippen molar-refractivity contribution < 1.29 is 4.79 Å². The first-order chi connectivity index (χ1) is 7.79. The van der Waals surface area contributed by atoms with E-state index in [1.54, 1.807) is 0 Å². The molecule has 0 spiro atoms. The number of nitrogens with two attached hydrogens (primary N) is 1. The molecule has 0 saturated carbocycles. The zero-order valence-corrected chi connectivity index (χ0v) is 10.6.